The van der Waals surface area contributed by atoms with Crippen molar-refractivity contribution in [1.82, 2.24) is 0 Å². The van der Waals surface area contributed by atoms with Crippen LogP contribution in [0, 0.1) is 5.92 Å². The Labute approximate surface area is 119 Å². The van der Waals surface area contributed by atoms with Crippen molar-refractivity contribution in [1.29, 1.82) is 0 Å². The highest BCUT2D eigenvalue weighted by molar-refractivity contribution is 7.90. The van der Waals surface area contributed by atoms with Gasteiger partial charge in [-0.3, -0.25) is 0 Å². The summed E-state index contributed by atoms with van der Waals surface area (Å²) in [5.41, 5.74) is 7.22. The van der Waals surface area contributed by atoms with Crippen molar-refractivity contribution in [2.45, 2.75) is 36.3 Å². The summed E-state index contributed by atoms with van der Waals surface area (Å²) < 4.78 is 28.8. The van der Waals surface area contributed by atoms with Crippen molar-refractivity contribution in [3.05, 3.63) is 18.2 Å². The highest BCUT2D eigenvalue weighted by Gasteiger charge is 2.40. The molecule has 6 heteroatoms. The molecule has 1 aromatic rings. The Balaban J connectivity index is 1.77. The summed E-state index contributed by atoms with van der Waals surface area (Å²) in [6, 6.07) is 5.12. The van der Waals surface area contributed by atoms with Crippen LogP contribution in [-0.2, 0) is 14.6 Å². The Hall–Kier alpha value is -1.27. The van der Waals surface area contributed by atoms with Crippen molar-refractivity contribution in [3.63, 3.8) is 0 Å². The second kappa shape index (κ2) is 4.93. The first-order valence-electron chi connectivity index (χ1n) is 6.93. The van der Waals surface area contributed by atoms with Crippen LogP contribution >= 0.6 is 0 Å². The van der Waals surface area contributed by atoms with Crippen LogP contribution in [0.2, 0.25) is 0 Å². The standard InChI is InChI=1S/C14H20N2O3S/c1-20(17,18)10-4-5-12(11(15)8-10)16-13-6-7-19-14(13)9-2-3-9/h4-5,8-9,13-14,16H,2-3,6-7,15H2,1H3. The van der Waals surface area contributed by atoms with Crippen LogP contribution in [0.5, 0.6) is 0 Å². The fourth-order valence-electron chi connectivity index (χ4n) is 2.76. The summed E-state index contributed by atoms with van der Waals surface area (Å²) >= 11 is 0. The quantitative estimate of drug-likeness (QED) is 0.826. The molecule has 1 aliphatic carbocycles. The van der Waals surface area contributed by atoms with Gasteiger partial charge < -0.3 is 15.8 Å². The lowest BCUT2D eigenvalue weighted by atomic mass is 10.1. The first-order valence-corrected chi connectivity index (χ1v) is 8.82. The van der Waals surface area contributed by atoms with Gasteiger partial charge in [-0.2, -0.15) is 0 Å². The minimum absolute atomic E-state index is 0.252. The Kier molecular flexibility index (Phi) is 3.38. The number of nitrogens with one attached hydrogen (secondary N) is 1. The predicted octanol–water partition coefficient (Wildman–Crippen LogP) is 1.65. The van der Waals surface area contributed by atoms with Crippen molar-refractivity contribution < 1.29 is 13.2 Å². The summed E-state index contributed by atoms with van der Waals surface area (Å²) in [5, 5.41) is 3.41. The van der Waals surface area contributed by atoms with Gasteiger partial charge in [0.2, 0.25) is 0 Å². The highest BCUT2D eigenvalue weighted by Crippen LogP contribution is 2.40. The van der Waals surface area contributed by atoms with Crippen LogP contribution in [0.15, 0.2) is 23.1 Å². The van der Waals surface area contributed by atoms with E-state index in [0.29, 0.717) is 11.6 Å². The van der Waals surface area contributed by atoms with Crippen molar-refractivity contribution in [2.24, 2.45) is 5.92 Å². The molecule has 0 aromatic heterocycles. The zero-order valence-electron chi connectivity index (χ0n) is 11.5. The molecule has 1 aromatic carbocycles. The van der Waals surface area contributed by atoms with Crippen LogP contribution in [-0.4, -0.2) is 33.4 Å². The van der Waals surface area contributed by atoms with Crippen LogP contribution in [0.4, 0.5) is 11.4 Å². The molecule has 1 saturated heterocycles. The molecule has 1 aliphatic heterocycles. The lowest BCUT2D eigenvalue weighted by Crippen LogP contribution is -2.31. The Morgan fingerprint density at radius 3 is 2.65 bits per heavy atom. The largest absolute Gasteiger partial charge is 0.397 e. The molecule has 3 rings (SSSR count). The van der Waals surface area contributed by atoms with Gasteiger partial charge in [0.15, 0.2) is 9.84 Å². The minimum atomic E-state index is -3.22. The molecular formula is C14H20N2O3S. The Morgan fingerprint density at radius 2 is 2.05 bits per heavy atom. The average Bonchev–Trinajstić information content (AvgIpc) is 3.11. The van der Waals surface area contributed by atoms with Gasteiger partial charge in [0.1, 0.15) is 0 Å². The second-order valence-electron chi connectivity index (χ2n) is 5.73. The topological polar surface area (TPSA) is 81.4 Å². The second-order valence-corrected chi connectivity index (χ2v) is 7.75. The van der Waals surface area contributed by atoms with E-state index in [-0.39, 0.29) is 17.0 Å². The number of ether oxygens (including phenoxy) is 1. The van der Waals surface area contributed by atoms with Crippen molar-refractivity contribution in [2.75, 3.05) is 23.9 Å². The summed E-state index contributed by atoms with van der Waals surface area (Å²) in [6.45, 7) is 0.778. The minimum Gasteiger partial charge on any atom is -0.397 e. The van der Waals surface area contributed by atoms with Gasteiger partial charge in [-0.1, -0.05) is 0 Å². The summed E-state index contributed by atoms with van der Waals surface area (Å²) in [5.74, 6) is 0.673. The van der Waals surface area contributed by atoms with Gasteiger partial charge in [0, 0.05) is 12.9 Å². The molecule has 2 fully saturated rings. The average molecular weight is 296 g/mol. The first kappa shape index (κ1) is 13.7. The lowest BCUT2D eigenvalue weighted by Gasteiger charge is -2.21. The van der Waals surface area contributed by atoms with Crippen LogP contribution < -0.4 is 11.1 Å². The third-order valence-electron chi connectivity index (χ3n) is 4.01. The number of anilines is 2. The molecule has 110 valence electrons. The van der Waals surface area contributed by atoms with E-state index < -0.39 is 9.84 Å². The van der Waals surface area contributed by atoms with E-state index in [4.69, 9.17) is 10.5 Å². The SMILES string of the molecule is CS(=O)(=O)c1ccc(NC2CCOC2C2CC2)c(N)c1. The van der Waals surface area contributed by atoms with E-state index in [9.17, 15) is 8.42 Å². The zero-order chi connectivity index (χ0) is 14.3. The third kappa shape index (κ3) is 2.76. The molecule has 5 nitrogen and oxygen atoms in total. The van der Waals surface area contributed by atoms with E-state index in [1.165, 1.54) is 25.2 Å². The van der Waals surface area contributed by atoms with E-state index in [1.807, 2.05) is 0 Å². The van der Waals surface area contributed by atoms with E-state index in [2.05, 4.69) is 5.32 Å². The highest BCUT2D eigenvalue weighted by atomic mass is 32.2. The third-order valence-corrected chi connectivity index (χ3v) is 5.12. The molecular weight excluding hydrogens is 276 g/mol. The summed E-state index contributed by atoms with van der Waals surface area (Å²) in [7, 11) is -3.22. The maximum absolute atomic E-state index is 11.5. The molecule has 1 heterocycles. The fraction of sp³-hybridized carbons (Fsp3) is 0.571. The molecule has 0 amide bonds. The molecule has 2 aliphatic rings. The zero-order valence-corrected chi connectivity index (χ0v) is 12.3. The number of hydrogen-bond acceptors (Lipinski definition) is 5. The number of benzene rings is 1. The first-order chi connectivity index (χ1) is 9.45. The number of nitrogens with two attached hydrogens (primary N) is 1. The molecule has 0 bridgehead atoms. The maximum atomic E-state index is 11.5. The van der Waals surface area contributed by atoms with E-state index in [1.54, 1.807) is 12.1 Å². The summed E-state index contributed by atoms with van der Waals surface area (Å²) in [6.07, 6.45) is 4.90. The molecule has 2 atom stereocenters. The molecule has 0 spiro atoms. The van der Waals surface area contributed by atoms with Gasteiger partial charge >= 0.3 is 0 Å². The monoisotopic (exact) mass is 296 g/mol. The van der Waals surface area contributed by atoms with E-state index in [0.717, 1.165) is 18.7 Å². The Bertz CT molecular complexity index is 611. The number of nitrogen functional groups attached to an aromatic ring is 1. The van der Waals surface area contributed by atoms with Crippen LogP contribution in [0.1, 0.15) is 19.3 Å². The number of sulfone groups is 1. The van der Waals surface area contributed by atoms with Gasteiger partial charge in [-0.25, -0.2) is 8.42 Å². The van der Waals surface area contributed by atoms with Gasteiger partial charge in [-0.05, 0) is 43.4 Å². The molecule has 0 radical (unpaired) electrons. The Morgan fingerprint density at radius 1 is 1.30 bits per heavy atom. The predicted molar refractivity (Wildman–Crippen MR) is 78.5 cm³/mol. The van der Waals surface area contributed by atoms with Crippen molar-refractivity contribution >= 4 is 21.2 Å². The summed E-state index contributed by atoms with van der Waals surface area (Å²) in [4.78, 5) is 0.252. The fourth-order valence-corrected chi connectivity index (χ4v) is 3.41. The van der Waals surface area contributed by atoms with Gasteiger partial charge in [-0.15, -0.1) is 0 Å². The van der Waals surface area contributed by atoms with Crippen molar-refractivity contribution in [3.8, 4) is 0 Å². The van der Waals surface area contributed by atoms with E-state index >= 15 is 0 Å². The van der Waals surface area contributed by atoms with Crippen LogP contribution in [0.3, 0.4) is 0 Å². The normalized spacial score (nSPS) is 26.6. The molecule has 20 heavy (non-hydrogen) atoms. The molecule has 2 unspecified atom stereocenters. The van der Waals surface area contributed by atoms with Gasteiger partial charge in [0.05, 0.1) is 28.4 Å². The number of rotatable bonds is 4. The number of hydrogen-bond donors (Lipinski definition) is 2. The molecule has 3 N–H and O–H groups in total. The molecule has 1 saturated carbocycles. The maximum Gasteiger partial charge on any atom is 0.175 e. The lowest BCUT2D eigenvalue weighted by molar-refractivity contribution is 0.0898. The van der Waals surface area contributed by atoms with Gasteiger partial charge in [0.25, 0.3) is 0 Å². The smallest absolute Gasteiger partial charge is 0.175 e. The van der Waals surface area contributed by atoms with Crippen LogP contribution in [0.25, 0.3) is 0 Å².